The molecule has 0 spiro atoms. The van der Waals surface area contributed by atoms with Gasteiger partial charge < -0.3 is 10.2 Å². The zero-order valence-corrected chi connectivity index (χ0v) is 15.4. The monoisotopic (exact) mass is 356 g/mol. The van der Waals surface area contributed by atoms with Gasteiger partial charge >= 0.3 is 0 Å². The SMILES string of the molecule is C[C@]12CCCN(C(=O)c3cccnc3-c3cncs3)[C@H]1CCCCN2. The van der Waals surface area contributed by atoms with Gasteiger partial charge in [-0.1, -0.05) is 6.42 Å². The highest BCUT2D eigenvalue weighted by atomic mass is 32.1. The summed E-state index contributed by atoms with van der Waals surface area (Å²) < 4.78 is 0. The second-order valence-electron chi connectivity index (χ2n) is 7.22. The Hall–Kier alpha value is -1.79. The summed E-state index contributed by atoms with van der Waals surface area (Å²) in [4.78, 5) is 25.1. The molecule has 1 N–H and O–H groups in total. The predicted octanol–water partition coefficient (Wildman–Crippen LogP) is 3.34. The maximum Gasteiger partial charge on any atom is 0.256 e. The van der Waals surface area contributed by atoms with E-state index in [4.69, 9.17) is 0 Å². The van der Waals surface area contributed by atoms with Crippen molar-refractivity contribution in [3.8, 4) is 10.6 Å². The molecule has 1 amide bonds. The summed E-state index contributed by atoms with van der Waals surface area (Å²) in [6, 6.07) is 4.01. The minimum atomic E-state index is 0.0251. The molecule has 2 aromatic heterocycles. The van der Waals surface area contributed by atoms with Crippen LogP contribution in [0.2, 0.25) is 0 Å². The zero-order chi connectivity index (χ0) is 17.3. The highest BCUT2D eigenvalue weighted by molar-refractivity contribution is 7.13. The third-order valence-electron chi connectivity index (χ3n) is 5.60. The molecule has 0 unspecified atom stereocenters. The standard InChI is InChI=1S/C19H24N4OS/c1-19-8-5-11-23(16(19)7-2-3-10-22-19)18(24)14-6-4-9-21-17(14)15-12-20-13-25-15/h4,6,9,12-13,16,22H,2-3,5,7-8,10-11H2,1H3/t16-,19-/m0/s1. The molecule has 0 saturated carbocycles. The Kier molecular flexibility index (Phi) is 4.56. The van der Waals surface area contributed by atoms with Crippen molar-refractivity contribution in [2.75, 3.05) is 13.1 Å². The first kappa shape index (κ1) is 16.7. The van der Waals surface area contributed by atoms with E-state index in [0.29, 0.717) is 5.56 Å². The van der Waals surface area contributed by atoms with Gasteiger partial charge in [-0.2, -0.15) is 0 Å². The van der Waals surface area contributed by atoms with E-state index in [-0.39, 0.29) is 17.5 Å². The maximum atomic E-state index is 13.5. The van der Waals surface area contributed by atoms with Crippen molar-refractivity contribution in [2.45, 2.75) is 50.6 Å². The van der Waals surface area contributed by atoms with Crippen LogP contribution < -0.4 is 5.32 Å². The molecule has 6 heteroatoms. The largest absolute Gasteiger partial charge is 0.334 e. The second kappa shape index (κ2) is 6.84. The molecule has 0 radical (unpaired) electrons. The Labute approximate surface area is 152 Å². The molecule has 2 aliphatic heterocycles. The van der Waals surface area contributed by atoms with Crippen molar-refractivity contribution in [3.63, 3.8) is 0 Å². The van der Waals surface area contributed by atoms with Gasteiger partial charge in [0.1, 0.15) is 0 Å². The molecule has 25 heavy (non-hydrogen) atoms. The molecular formula is C19H24N4OS. The fraction of sp³-hybridized carbons (Fsp3) is 0.526. The first-order valence-corrected chi connectivity index (χ1v) is 9.97. The van der Waals surface area contributed by atoms with Crippen LogP contribution in [0.25, 0.3) is 10.6 Å². The van der Waals surface area contributed by atoms with Gasteiger partial charge in [0.2, 0.25) is 0 Å². The normalized spacial score (nSPS) is 26.8. The van der Waals surface area contributed by atoms with Crippen LogP contribution in [0.4, 0.5) is 0 Å². The molecule has 2 aromatic rings. The summed E-state index contributed by atoms with van der Waals surface area (Å²) in [7, 11) is 0. The molecule has 5 nitrogen and oxygen atoms in total. The first-order valence-electron chi connectivity index (χ1n) is 9.09. The Balaban J connectivity index is 1.69. The van der Waals surface area contributed by atoms with E-state index in [2.05, 4.69) is 27.1 Å². The third-order valence-corrected chi connectivity index (χ3v) is 6.38. The average Bonchev–Trinajstić information content (AvgIpc) is 3.09. The van der Waals surface area contributed by atoms with E-state index in [1.165, 1.54) is 24.2 Å². The first-order chi connectivity index (χ1) is 12.2. The Bertz CT molecular complexity index is 748. The number of fused-ring (bicyclic) bond motifs is 1. The van der Waals surface area contributed by atoms with E-state index in [1.807, 2.05) is 12.1 Å². The number of pyridine rings is 1. The molecule has 2 fully saturated rings. The van der Waals surface area contributed by atoms with E-state index in [0.717, 1.165) is 42.9 Å². The smallest absolute Gasteiger partial charge is 0.256 e. The number of likely N-dealkylation sites (tertiary alicyclic amines) is 1. The summed E-state index contributed by atoms with van der Waals surface area (Å²) in [6.45, 7) is 4.17. The van der Waals surface area contributed by atoms with Crippen LogP contribution in [-0.2, 0) is 0 Å². The number of piperidine rings is 1. The number of carbonyl (C=O) groups excluding carboxylic acids is 1. The zero-order valence-electron chi connectivity index (χ0n) is 14.6. The fourth-order valence-corrected chi connectivity index (χ4v) is 4.94. The number of hydrogen-bond acceptors (Lipinski definition) is 5. The van der Waals surface area contributed by atoms with Crippen LogP contribution >= 0.6 is 11.3 Å². The van der Waals surface area contributed by atoms with Crippen molar-refractivity contribution < 1.29 is 4.79 Å². The summed E-state index contributed by atoms with van der Waals surface area (Å²) in [6.07, 6.45) is 9.15. The van der Waals surface area contributed by atoms with Gasteiger partial charge in [0.15, 0.2) is 0 Å². The summed E-state index contributed by atoms with van der Waals surface area (Å²) in [5.74, 6) is 0.108. The van der Waals surface area contributed by atoms with E-state index < -0.39 is 0 Å². The lowest BCUT2D eigenvalue weighted by Gasteiger charge is -2.48. The van der Waals surface area contributed by atoms with Crippen molar-refractivity contribution in [2.24, 2.45) is 0 Å². The van der Waals surface area contributed by atoms with Crippen LogP contribution in [0, 0.1) is 0 Å². The van der Waals surface area contributed by atoms with Gasteiger partial charge in [-0.25, -0.2) is 0 Å². The molecule has 0 bridgehead atoms. The van der Waals surface area contributed by atoms with Crippen LogP contribution in [0.1, 0.15) is 49.4 Å². The minimum absolute atomic E-state index is 0.0251. The molecular weight excluding hydrogens is 332 g/mol. The molecule has 0 aliphatic carbocycles. The van der Waals surface area contributed by atoms with Crippen LogP contribution in [0.5, 0.6) is 0 Å². The van der Waals surface area contributed by atoms with E-state index in [1.54, 1.807) is 17.9 Å². The summed E-state index contributed by atoms with van der Waals surface area (Å²) in [5.41, 5.74) is 3.26. The lowest BCUT2D eigenvalue weighted by molar-refractivity contribution is 0.0380. The number of hydrogen-bond donors (Lipinski definition) is 1. The average molecular weight is 356 g/mol. The van der Waals surface area contributed by atoms with Gasteiger partial charge in [-0.3, -0.25) is 14.8 Å². The Morgan fingerprint density at radius 1 is 1.40 bits per heavy atom. The molecule has 4 rings (SSSR count). The number of carbonyl (C=O) groups is 1. The van der Waals surface area contributed by atoms with Crippen molar-refractivity contribution >= 4 is 17.2 Å². The van der Waals surface area contributed by atoms with E-state index in [9.17, 15) is 4.79 Å². The number of aromatic nitrogens is 2. The van der Waals surface area contributed by atoms with Gasteiger partial charge in [-0.15, -0.1) is 11.3 Å². The number of amides is 1. The number of nitrogens with zero attached hydrogens (tertiary/aromatic N) is 3. The number of nitrogens with one attached hydrogen (secondary N) is 1. The molecule has 2 aliphatic rings. The molecule has 4 heterocycles. The van der Waals surface area contributed by atoms with Gasteiger partial charge in [0, 0.05) is 30.5 Å². The second-order valence-corrected chi connectivity index (χ2v) is 8.11. The molecule has 0 aromatic carbocycles. The summed E-state index contributed by atoms with van der Waals surface area (Å²) >= 11 is 1.52. The van der Waals surface area contributed by atoms with E-state index >= 15 is 0 Å². The highest BCUT2D eigenvalue weighted by Gasteiger charge is 2.43. The Morgan fingerprint density at radius 2 is 2.32 bits per heavy atom. The van der Waals surface area contributed by atoms with Crippen LogP contribution in [0.3, 0.4) is 0 Å². The van der Waals surface area contributed by atoms with Crippen molar-refractivity contribution in [1.82, 2.24) is 20.2 Å². The van der Waals surface area contributed by atoms with Gasteiger partial charge in [0.25, 0.3) is 5.91 Å². The van der Waals surface area contributed by atoms with Crippen molar-refractivity contribution in [3.05, 3.63) is 35.6 Å². The quantitative estimate of drug-likeness (QED) is 0.897. The minimum Gasteiger partial charge on any atom is -0.334 e. The Morgan fingerprint density at radius 3 is 3.16 bits per heavy atom. The maximum absolute atomic E-state index is 13.5. The number of thiazole rings is 1. The van der Waals surface area contributed by atoms with Crippen LogP contribution in [0.15, 0.2) is 30.0 Å². The third kappa shape index (κ3) is 3.09. The topological polar surface area (TPSA) is 58.1 Å². The van der Waals surface area contributed by atoms with Gasteiger partial charge in [-0.05, 0) is 51.3 Å². The predicted molar refractivity (Wildman–Crippen MR) is 99.7 cm³/mol. The van der Waals surface area contributed by atoms with Crippen molar-refractivity contribution in [1.29, 1.82) is 0 Å². The van der Waals surface area contributed by atoms with Gasteiger partial charge in [0.05, 0.1) is 21.6 Å². The fourth-order valence-electron chi connectivity index (χ4n) is 4.31. The molecule has 132 valence electrons. The summed E-state index contributed by atoms with van der Waals surface area (Å²) in [5, 5.41) is 3.72. The lowest BCUT2D eigenvalue weighted by atomic mass is 9.80. The number of rotatable bonds is 2. The van der Waals surface area contributed by atoms with Crippen LogP contribution in [-0.4, -0.2) is 45.4 Å². The molecule has 2 atom stereocenters. The highest BCUT2D eigenvalue weighted by Crippen LogP contribution is 2.35. The lowest BCUT2D eigenvalue weighted by Crippen LogP contribution is -2.62. The molecule has 2 saturated heterocycles.